The van der Waals surface area contributed by atoms with E-state index in [0.717, 1.165) is 29.1 Å². The molecular weight excluding hydrogens is 360 g/mol. The van der Waals surface area contributed by atoms with Crippen LogP contribution in [-0.4, -0.2) is 38.7 Å². The highest BCUT2D eigenvalue weighted by molar-refractivity contribution is 7.13. The van der Waals surface area contributed by atoms with Gasteiger partial charge in [-0.05, 0) is 42.5 Å². The van der Waals surface area contributed by atoms with Gasteiger partial charge in [-0.2, -0.15) is 5.10 Å². The summed E-state index contributed by atoms with van der Waals surface area (Å²) in [7, 11) is 0. The van der Waals surface area contributed by atoms with Crippen LogP contribution in [0, 0.1) is 0 Å². The van der Waals surface area contributed by atoms with E-state index in [-0.39, 0.29) is 23.9 Å². The summed E-state index contributed by atoms with van der Waals surface area (Å²) >= 11 is 1.59. The maximum Gasteiger partial charge on any atom is 0.267 e. The fraction of sp³-hybridized carbons (Fsp3) is 0.300. The molecule has 0 saturated carbocycles. The average molecular weight is 380 g/mol. The Morgan fingerprint density at radius 1 is 1.19 bits per heavy atom. The third kappa shape index (κ3) is 3.98. The minimum Gasteiger partial charge on any atom is -0.340 e. The summed E-state index contributed by atoms with van der Waals surface area (Å²) in [6, 6.07) is 12.8. The number of thiophene rings is 1. The van der Waals surface area contributed by atoms with Crippen LogP contribution in [0.3, 0.4) is 0 Å². The topological polar surface area (TPSA) is 68.1 Å². The Balaban J connectivity index is 1.52. The normalized spacial score (nSPS) is 17.0. The van der Waals surface area contributed by atoms with Gasteiger partial charge < -0.3 is 4.90 Å². The highest BCUT2D eigenvalue weighted by Gasteiger charge is 2.26. The quantitative estimate of drug-likeness (QED) is 0.698. The number of piperidine rings is 1. The highest BCUT2D eigenvalue weighted by atomic mass is 32.1. The molecule has 1 atom stereocenters. The molecule has 27 heavy (non-hydrogen) atoms. The van der Waals surface area contributed by atoms with Crippen LogP contribution in [0.15, 0.2) is 58.8 Å². The number of hydrogen-bond acceptors (Lipinski definition) is 5. The Hall–Kier alpha value is -2.80. The van der Waals surface area contributed by atoms with Crippen molar-refractivity contribution in [2.45, 2.75) is 25.3 Å². The Morgan fingerprint density at radius 2 is 2.11 bits per heavy atom. The molecule has 4 heterocycles. The SMILES string of the molecule is O=C(Cc1ccccn1)N1CCC[C@@H](n2nc(-c3cccs3)ccc2=O)C1. The first-order valence-corrected chi connectivity index (χ1v) is 9.90. The molecule has 1 aliphatic rings. The molecule has 0 unspecified atom stereocenters. The molecule has 0 aliphatic carbocycles. The lowest BCUT2D eigenvalue weighted by atomic mass is 10.0. The Morgan fingerprint density at radius 3 is 2.89 bits per heavy atom. The molecule has 7 heteroatoms. The van der Waals surface area contributed by atoms with Gasteiger partial charge in [0.25, 0.3) is 5.56 Å². The van der Waals surface area contributed by atoms with Crippen LogP contribution >= 0.6 is 11.3 Å². The fourth-order valence-electron chi connectivity index (χ4n) is 3.39. The van der Waals surface area contributed by atoms with Crippen molar-refractivity contribution in [3.8, 4) is 10.6 Å². The summed E-state index contributed by atoms with van der Waals surface area (Å²) in [5.41, 5.74) is 1.43. The predicted molar refractivity (Wildman–Crippen MR) is 105 cm³/mol. The molecule has 6 nitrogen and oxygen atoms in total. The summed E-state index contributed by atoms with van der Waals surface area (Å²) in [6.45, 7) is 1.22. The van der Waals surface area contributed by atoms with Crippen LogP contribution < -0.4 is 5.56 Å². The van der Waals surface area contributed by atoms with Crippen molar-refractivity contribution >= 4 is 17.2 Å². The minimum atomic E-state index is -0.126. The average Bonchev–Trinajstić information content (AvgIpc) is 3.24. The maximum absolute atomic E-state index is 12.7. The standard InChI is InChI=1S/C20H20N4O2S/c25-19-9-8-17(18-7-4-12-27-18)22-24(19)16-6-3-11-23(14-16)20(26)13-15-5-1-2-10-21-15/h1-2,4-5,7-10,12,16H,3,6,11,13-14H2/t16-/m1/s1. The number of nitrogens with zero attached hydrogens (tertiary/aromatic N) is 4. The molecule has 0 radical (unpaired) electrons. The van der Waals surface area contributed by atoms with Crippen LogP contribution in [0.1, 0.15) is 24.6 Å². The first-order valence-electron chi connectivity index (χ1n) is 9.02. The van der Waals surface area contributed by atoms with Crippen LogP contribution in [-0.2, 0) is 11.2 Å². The highest BCUT2D eigenvalue weighted by Crippen LogP contribution is 2.24. The number of aromatic nitrogens is 3. The summed E-state index contributed by atoms with van der Waals surface area (Å²) in [4.78, 5) is 32.2. The van der Waals surface area contributed by atoms with Gasteiger partial charge >= 0.3 is 0 Å². The van der Waals surface area contributed by atoms with Gasteiger partial charge in [-0.1, -0.05) is 12.1 Å². The third-order valence-corrected chi connectivity index (χ3v) is 5.64. The van der Waals surface area contributed by atoms with Gasteiger partial charge in [0.2, 0.25) is 5.91 Å². The lowest BCUT2D eigenvalue weighted by Gasteiger charge is -2.33. The molecule has 0 bridgehead atoms. The molecular formula is C20H20N4O2S. The van der Waals surface area contributed by atoms with E-state index >= 15 is 0 Å². The molecule has 1 fully saturated rings. The van der Waals surface area contributed by atoms with Crippen molar-refractivity contribution in [3.05, 3.63) is 70.1 Å². The van der Waals surface area contributed by atoms with Crippen LogP contribution in [0.25, 0.3) is 10.6 Å². The molecule has 138 valence electrons. The van der Waals surface area contributed by atoms with Gasteiger partial charge in [0.15, 0.2) is 0 Å². The maximum atomic E-state index is 12.7. The molecule has 0 spiro atoms. The van der Waals surface area contributed by atoms with Gasteiger partial charge in [0, 0.05) is 31.0 Å². The first kappa shape index (κ1) is 17.6. The number of carbonyl (C=O) groups is 1. The van der Waals surface area contributed by atoms with Crippen molar-refractivity contribution in [2.75, 3.05) is 13.1 Å². The number of likely N-dealkylation sites (tertiary alicyclic amines) is 1. The lowest BCUT2D eigenvalue weighted by molar-refractivity contribution is -0.132. The Labute approximate surface area is 161 Å². The lowest BCUT2D eigenvalue weighted by Crippen LogP contribution is -2.44. The fourth-order valence-corrected chi connectivity index (χ4v) is 4.08. The van der Waals surface area contributed by atoms with Crippen molar-refractivity contribution < 1.29 is 4.79 Å². The number of rotatable bonds is 4. The van der Waals surface area contributed by atoms with Gasteiger partial charge in [-0.25, -0.2) is 4.68 Å². The van der Waals surface area contributed by atoms with E-state index in [9.17, 15) is 9.59 Å². The molecule has 3 aromatic rings. The molecule has 4 rings (SSSR count). The van der Waals surface area contributed by atoms with E-state index in [2.05, 4.69) is 10.1 Å². The third-order valence-electron chi connectivity index (χ3n) is 4.75. The Bertz CT molecular complexity index is 969. The molecule has 0 N–H and O–H groups in total. The smallest absolute Gasteiger partial charge is 0.267 e. The van der Waals surface area contributed by atoms with Crippen LogP contribution in [0.4, 0.5) is 0 Å². The van der Waals surface area contributed by atoms with Crippen LogP contribution in [0.2, 0.25) is 0 Å². The summed E-state index contributed by atoms with van der Waals surface area (Å²) in [5.74, 6) is 0.0425. The summed E-state index contributed by atoms with van der Waals surface area (Å²) in [6.07, 6.45) is 3.68. The van der Waals surface area contributed by atoms with Crippen molar-refractivity contribution in [1.29, 1.82) is 0 Å². The number of pyridine rings is 1. The molecule has 1 saturated heterocycles. The monoisotopic (exact) mass is 380 g/mol. The molecule has 1 amide bonds. The first-order chi connectivity index (χ1) is 13.2. The Kier molecular flexibility index (Phi) is 5.11. The number of hydrogen-bond donors (Lipinski definition) is 0. The molecule has 3 aromatic heterocycles. The zero-order valence-electron chi connectivity index (χ0n) is 14.8. The number of carbonyl (C=O) groups excluding carboxylic acids is 1. The van der Waals surface area contributed by atoms with Crippen molar-refractivity contribution in [2.24, 2.45) is 0 Å². The largest absolute Gasteiger partial charge is 0.340 e. The zero-order valence-corrected chi connectivity index (χ0v) is 15.6. The van der Waals surface area contributed by atoms with Gasteiger partial charge in [0.1, 0.15) is 5.69 Å². The van der Waals surface area contributed by atoms with Crippen molar-refractivity contribution in [3.63, 3.8) is 0 Å². The van der Waals surface area contributed by atoms with Gasteiger partial charge in [-0.15, -0.1) is 11.3 Å². The van der Waals surface area contributed by atoms with E-state index in [1.807, 2.05) is 40.6 Å². The van der Waals surface area contributed by atoms with Crippen molar-refractivity contribution in [1.82, 2.24) is 19.7 Å². The van der Waals surface area contributed by atoms with E-state index in [0.29, 0.717) is 13.1 Å². The second kappa shape index (κ2) is 7.84. The summed E-state index contributed by atoms with van der Waals surface area (Å²) < 4.78 is 1.55. The van der Waals surface area contributed by atoms with E-state index in [1.54, 1.807) is 34.3 Å². The second-order valence-electron chi connectivity index (χ2n) is 6.61. The minimum absolute atomic E-state index is 0.0425. The van der Waals surface area contributed by atoms with Gasteiger partial charge in [-0.3, -0.25) is 14.6 Å². The van der Waals surface area contributed by atoms with Crippen LogP contribution in [0.5, 0.6) is 0 Å². The zero-order chi connectivity index (χ0) is 18.6. The van der Waals surface area contributed by atoms with Gasteiger partial charge in [0.05, 0.1) is 17.3 Å². The second-order valence-corrected chi connectivity index (χ2v) is 7.56. The number of amides is 1. The predicted octanol–water partition coefficient (Wildman–Crippen LogP) is 2.77. The van der Waals surface area contributed by atoms with E-state index in [1.165, 1.54) is 0 Å². The molecule has 0 aromatic carbocycles. The molecule has 1 aliphatic heterocycles. The van der Waals surface area contributed by atoms with E-state index < -0.39 is 0 Å². The summed E-state index contributed by atoms with van der Waals surface area (Å²) in [5, 5.41) is 6.57. The van der Waals surface area contributed by atoms with E-state index in [4.69, 9.17) is 0 Å².